The van der Waals surface area contributed by atoms with Crippen LogP contribution in [0.25, 0.3) is 0 Å². The maximum Gasteiger partial charge on any atom is 0.117 e. The van der Waals surface area contributed by atoms with Crippen molar-refractivity contribution in [3.05, 3.63) is 24.2 Å². The van der Waals surface area contributed by atoms with Crippen LogP contribution in [0.3, 0.4) is 0 Å². The van der Waals surface area contributed by atoms with Crippen LogP contribution in [0.1, 0.15) is 51.2 Å². The van der Waals surface area contributed by atoms with Crippen LogP contribution >= 0.6 is 0 Å². The van der Waals surface area contributed by atoms with Crippen LogP contribution in [0.2, 0.25) is 0 Å². The van der Waals surface area contributed by atoms with Gasteiger partial charge in [-0.15, -0.1) is 0 Å². The zero-order valence-corrected chi connectivity index (χ0v) is 10.2. The lowest BCUT2D eigenvalue weighted by Crippen LogP contribution is -2.28. The highest BCUT2D eigenvalue weighted by Crippen LogP contribution is 2.27. The number of rotatable bonds is 5. The normalized spacial score (nSPS) is 19.8. The number of nitrogens with one attached hydrogen (secondary N) is 1. The molecule has 0 radical (unpaired) electrons. The van der Waals surface area contributed by atoms with E-state index in [0.717, 1.165) is 18.2 Å². The minimum absolute atomic E-state index is 0.605. The Bertz CT molecular complexity index is 275. The second-order valence-corrected chi connectivity index (χ2v) is 5.10. The van der Waals surface area contributed by atoms with Gasteiger partial charge in [0.25, 0.3) is 0 Å². The molecule has 1 saturated carbocycles. The third kappa shape index (κ3) is 3.67. The van der Waals surface area contributed by atoms with Crippen molar-refractivity contribution < 1.29 is 4.42 Å². The summed E-state index contributed by atoms with van der Waals surface area (Å²) in [6.45, 7) is 3.15. The molecular weight excluding hydrogens is 198 g/mol. The Labute approximate surface area is 98.4 Å². The van der Waals surface area contributed by atoms with Crippen LogP contribution in [0.5, 0.6) is 0 Å². The Morgan fingerprint density at radius 2 is 2.19 bits per heavy atom. The predicted octanol–water partition coefficient (Wildman–Crippen LogP) is 3.73. The van der Waals surface area contributed by atoms with Gasteiger partial charge in [-0.25, -0.2) is 0 Å². The van der Waals surface area contributed by atoms with Crippen LogP contribution in [0.15, 0.2) is 22.8 Å². The van der Waals surface area contributed by atoms with Gasteiger partial charge < -0.3 is 9.73 Å². The molecule has 0 saturated heterocycles. The molecule has 2 rings (SSSR count). The molecule has 2 heteroatoms. The maximum absolute atomic E-state index is 5.31. The fourth-order valence-electron chi connectivity index (χ4n) is 2.69. The third-order valence-electron chi connectivity index (χ3n) is 3.62. The fourth-order valence-corrected chi connectivity index (χ4v) is 2.69. The molecule has 1 aliphatic rings. The fraction of sp³-hybridized carbons (Fsp3) is 0.714. The van der Waals surface area contributed by atoms with E-state index in [1.165, 1.54) is 38.5 Å². The molecule has 0 spiro atoms. The van der Waals surface area contributed by atoms with Crippen molar-refractivity contribution in [2.75, 3.05) is 0 Å². The first-order valence-electron chi connectivity index (χ1n) is 6.60. The standard InChI is InChI=1S/C14H23NO/c1-12(10-13-6-3-2-4-7-13)15-11-14-8-5-9-16-14/h5,8-9,12-13,15H,2-4,6-7,10-11H2,1H3. The van der Waals surface area contributed by atoms with E-state index >= 15 is 0 Å². The zero-order valence-electron chi connectivity index (χ0n) is 10.2. The van der Waals surface area contributed by atoms with E-state index in [2.05, 4.69) is 12.2 Å². The average molecular weight is 221 g/mol. The summed E-state index contributed by atoms with van der Waals surface area (Å²) in [6, 6.07) is 4.58. The topological polar surface area (TPSA) is 25.2 Å². The predicted molar refractivity (Wildman–Crippen MR) is 66.2 cm³/mol. The number of hydrogen-bond donors (Lipinski definition) is 1. The summed E-state index contributed by atoms with van der Waals surface area (Å²) in [7, 11) is 0. The van der Waals surface area contributed by atoms with Gasteiger partial charge in [0, 0.05) is 6.04 Å². The first-order chi connectivity index (χ1) is 7.84. The van der Waals surface area contributed by atoms with Gasteiger partial charge in [0.05, 0.1) is 12.8 Å². The molecule has 1 heterocycles. The van der Waals surface area contributed by atoms with Crippen molar-refractivity contribution in [1.29, 1.82) is 0 Å². The second kappa shape index (κ2) is 6.09. The molecule has 1 atom stereocenters. The van der Waals surface area contributed by atoms with Gasteiger partial charge >= 0.3 is 0 Å². The minimum atomic E-state index is 0.605. The van der Waals surface area contributed by atoms with Gasteiger partial charge in [-0.2, -0.15) is 0 Å². The summed E-state index contributed by atoms with van der Waals surface area (Å²) in [6.07, 6.45) is 10.3. The highest BCUT2D eigenvalue weighted by Gasteiger charge is 2.16. The Kier molecular flexibility index (Phi) is 4.46. The Hall–Kier alpha value is -0.760. The van der Waals surface area contributed by atoms with E-state index < -0.39 is 0 Å². The van der Waals surface area contributed by atoms with E-state index in [1.807, 2.05) is 12.1 Å². The molecule has 0 aromatic carbocycles. The molecule has 0 aliphatic heterocycles. The van der Waals surface area contributed by atoms with Crippen molar-refractivity contribution in [2.45, 2.75) is 58.0 Å². The second-order valence-electron chi connectivity index (χ2n) is 5.10. The summed E-state index contributed by atoms with van der Waals surface area (Å²) in [4.78, 5) is 0. The molecule has 1 unspecified atom stereocenters. The molecular formula is C14H23NO. The van der Waals surface area contributed by atoms with E-state index in [9.17, 15) is 0 Å². The number of hydrogen-bond acceptors (Lipinski definition) is 2. The minimum Gasteiger partial charge on any atom is -0.468 e. The maximum atomic E-state index is 5.31. The van der Waals surface area contributed by atoms with Gasteiger partial charge in [-0.1, -0.05) is 32.1 Å². The Morgan fingerprint density at radius 3 is 2.88 bits per heavy atom. The molecule has 1 aliphatic carbocycles. The molecule has 0 amide bonds. The highest BCUT2D eigenvalue weighted by molar-refractivity contribution is 4.97. The van der Waals surface area contributed by atoms with Crippen molar-refractivity contribution >= 4 is 0 Å². The van der Waals surface area contributed by atoms with E-state index in [0.29, 0.717) is 6.04 Å². The lowest BCUT2D eigenvalue weighted by atomic mass is 9.85. The van der Waals surface area contributed by atoms with E-state index in [-0.39, 0.29) is 0 Å². The summed E-state index contributed by atoms with van der Waals surface area (Å²) in [5.41, 5.74) is 0. The average Bonchev–Trinajstić information content (AvgIpc) is 2.81. The van der Waals surface area contributed by atoms with Gasteiger partial charge in [0.15, 0.2) is 0 Å². The molecule has 1 aromatic heterocycles. The van der Waals surface area contributed by atoms with E-state index in [1.54, 1.807) is 6.26 Å². The third-order valence-corrected chi connectivity index (χ3v) is 3.62. The molecule has 1 N–H and O–H groups in total. The van der Waals surface area contributed by atoms with Gasteiger partial charge in [0.1, 0.15) is 5.76 Å². The van der Waals surface area contributed by atoms with Crippen molar-refractivity contribution in [1.82, 2.24) is 5.32 Å². The molecule has 1 aromatic rings. The molecule has 90 valence electrons. The summed E-state index contributed by atoms with van der Waals surface area (Å²) in [5, 5.41) is 3.54. The van der Waals surface area contributed by atoms with Gasteiger partial charge in [-0.3, -0.25) is 0 Å². The Morgan fingerprint density at radius 1 is 1.38 bits per heavy atom. The smallest absolute Gasteiger partial charge is 0.117 e. The lowest BCUT2D eigenvalue weighted by Gasteiger charge is -2.25. The van der Waals surface area contributed by atoms with Crippen LogP contribution < -0.4 is 5.32 Å². The van der Waals surface area contributed by atoms with Gasteiger partial charge in [-0.05, 0) is 31.4 Å². The Balaban J connectivity index is 1.65. The summed E-state index contributed by atoms with van der Waals surface area (Å²) in [5.74, 6) is 1.99. The van der Waals surface area contributed by atoms with E-state index in [4.69, 9.17) is 4.42 Å². The van der Waals surface area contributed by atoms with Crippen LogP contribution in [0.4, 0.5) is 0 Å². The van der Waals surface area contributed by atoms with Crippen molar-refractivity contribution in [3.63, 3.8) is 0 Å². The monoisotopic (exact) mass is 221 g/mol. The SMILES string of the molecule is CC(CC1CCCCC1)NCc1ccco1. The van der Waals surface area contributed by atoms with Crippen LogP contribution in [-0.4, -0.2) is 6.04 Å². The highest BCUT2D eigenvalue weighted by atomic mass is 16.3. The molecule has 16 heavy (non-hydrogen) atoms. The molecule has 2 nitrogen and oxygen atoms in total. The molecule has 1 fully saturated rings. The van der Waals surface area contributed by atoms with Crippen LogP contribution in [0, 0.1) is 5.92 Å². The first-order valence-corrected chi connectivity index (χ1v) is 6.60. The first kappa shape index (κ1) is 11.7. The summed E-state index contributed by atoms with van der Waals surface area (Å²) >= 11 is 0. The van der Waals surface area contributed by atoms with Gasteiger partial charge in [0.2, 0.25) is 0 Å². The number of furan rings is 1. The van der Waals surface area contributed by atoms with Crippen LogP contribution in [-0.2, 0) is 6.54 Å². The molecule has 0 bridgehead atoms. The largest absolute Gasteiger partial charge is 0.468 e. The zero-order chi connectivity index (χ0) is 11.2. The lowest BCUT2D eigenvalue weighted by molar-refractivity contribution is 0.301. The van der Waals surface area contributed by atoms with Crippen molar-refractivity contribution in [3.8, 4) is 0 Å². The summed E-state index contributed by atoms with van der Waals surface area (Å²) < 4.78 is 5.31. The quantitative estimate of drug-likeness (QED) is 0.819. The van der Waals surface area contributed by atoms with Crippen molar-refractivity contribution in [2.24, 2.45) is 5.92 Å².